The molecular weight excluding hydrogens is 232 g/mol. The molecule has 0 aliphatic carbocycles. The summed E-state index contributed by atoms with van der Waals surface area (Å²) in [5.41, 5.74) is 9.72. The van der Waals surface area contributed by atoms with Gasteiger partial charge in [0.25, 0.3) is 0 Å². The predicted molar refractivity (Wildman–Crippen MR) is 68.2 cm³/mol. The molecule has 2 aromatic heterocycles. The van der Waals surface area contributed by atoms with Gasteiger partial charge in [-0.25, -0.2) is 4.79 Å². The van der Waals surface area contributed by atoms with Gasteiger partial charge in [0.15, 0.2) is 5.58 Å². The van der Waals surface area contributed by atoms with Crippen molar-refractivity contribution in [1.29, 1.82) is 0 Å². The van der Waals surface area contributed by atoms with Crippen molar-refractivity contribution in [1.82, 2.24) is 14.8 Å². The molecule has 0 bridgehead atoms. The molecule has 0 radical (unpaired) electrons. The van der Waals surface area contributed by atoms with Crippen molar-refractivity contribution in [2.45, 2.75) is 6.92 Å². The molecule has 18 heavy (non-hydrogen) atoms. The van der Waals surface area contributed by atoms with E-state index in [-0.39, 0.29) is 0 Å². The standard InChI is InChI=1S/C12H12N4O2/c1-6-10(16(2)15-11(6)13)7-3-4-8-9(5-7)18-12(17)14-8/h3-5H,1-2H3,(H2,13,15)(H,14,17). The van der Waals surface area contributed by atoms with Crippen LogP contribution in [0.5, 0.6) is 0 Å². The fourth-order valence-corrected chi connectivity index (χ4v) is 2.15. The number of nitrogens with zero attached hydrogens (tertiary/aromatic N) is 2. The molecule has 3 rings (SSSR count). The molecule has 1 aromatic carbocycles. The van der Waals surface area contributed by atoms with Crippen molar-refractivity contribution in [3.63, 3.8) is 0 Å². The average molecular weight is 244 g/mol. The summed E-state index contributed by atoms with van der Waals surface area (Å²) >= 11 is 0. The quantitative estimate of drug-likeness (QED) is 0.677. The fourth-order valence-electron chi connectivity index (χ4n) is 2.15. The number of nitrogen functional groups attached to an aromatic ring is 1. The van der Waals surface area contributed by atoms with Gasteiger partial charge in [0.1, 0.15) is 5.82 Å². The van der Waals surface area contributed by atoms with Crippen LogP contribution in [-0.4, -0.2) is 14.8 Å². The number of aromatic nitrogens is 3. The number of fused-ring (bicyclic) bond motifs is 1. The Hall–Kier alpha value is -2.50. The molecule has 0 aliphatic heterocycles. The second kappa shape index (κ2) is 3.49. The summed E-state index contributed by atoms with van der Waals surface area (Å²) in [4.78, 5) is 13.7. The monoisotopic (exact) mass is 244 g/mol. The van der Waals surface area contributed by atoms with Crippen LogP contribution in [0.15, 0.2) is 27.4 Å². The zero-order chi connectivity index (χ0) is 12.9. The van der Waals surface area contributed by atoms with E-state index in [1.54, 1.807) is 16.8 Å². The maximum absolute atomic E-state index is 11.1. The van der Waals surface area contributed by atoms with Gasteiger partial charge in [-0.1, -0.05) is 6.07 Å². The average Bonchev–Trinajstić information content (AvgIpc) is 2.78. The highest BCUT2D eigenvalue weighted by molar-refractivity contribution is 5.80. The van der Waals surface area contributed by atoms with Crippen LogP contribution < -0.4 is 11.5 Å². The first-order chi connectivity index (χ1) is 8.56. The lowest BCUT2D eigenvalue weighted by Gasteiger charge is -2.03. The van der Waals surface area contributed by atoms with Crippen molar-refractivity contribution >= 4 is 16.9 Å². The third-order valence-corrected chi connectivity index (χ3v) is 3.02. The smallest absolute Gasteiger partial charge is 0.408 e. The third kappa shape index (κ3) is 1.42. The molecule has 0 fully saturated rings. The molecule has 3 N–H and O–H groups in total. The summed E-state index contributed by atoms with van der Waals surface area (Å²) in [6, 6.07) is 5.51. The van der Waals surface area contributed by atoms with Gasteiger partial charge in [0, 0.05) is 18.2 Å². The SMILES string of the molecule is Cc1c(N)nn(C)c1-c1ccc2[nH]c(=O)oc2c1. The molecule has 6 nitrogen and oxygen atoms in total. The number of aryl methyl sites for hydroxylation is 1. The van der Waals surface area contributed by atoms with Crippen LogP contribution >= 0.6 is 0 Å². The number of hydrogen-bond donors (Lipinski definition) is 2. The van der Waals surface area contributed by atoms with Gasteiger partial charge in [-0.05, 0) is 19.1 Å². The predicted octanol–water partition coefficient (Wildman–Crippen LogP) is 1.41. The lowest BCUT2D eigenvalue weighted by molar-refractivity contribution is 0.555. The molecule has 92 valence electrons. The second-order valence-corrected chi connectivity index (χ2v) is 4.21. The zero-order valence-corrected chi connectivity index (χ0v) is 10.0. The number of nitrogens with one attached hydrogen (secondary N) is 1. The first kappa shape index (κ1) is 10.6. The number of nitrogens with two attached hydrogens (primary N) is 1. The van der Waals surface area contributed by atoms with Crippen molar-refractivity contribution in [2.24, 2.45) is 7.05 Å². The minimum Gasteiger partial charge on any atom is -0.408 e. The van der Waals surface area contributed by atoms with Crippen molar-refractivity contribution in [3.8, 4) is 11.3 Å². The second-order valence-electron chi connectivity index (χ2n) is 4.21. The van der Waals surface area contributed by atoms with Gasteiger partial charge < -0.3 is 10.2 Å². The number of anilines is 1. The molecule has 0 saturated carbocycles. The molecular formula is C12H12N4O2. The first-order valence-electron chi connectivity index (χ1n) is 5.48. The molecule has 3 aromatic rings. The van der Waals surface area contributed by atoms with Gasteiger partial charge in [-0.2, -0.15) is 5.10 Å². The summed E-state index contributed by atoms with van der Waals surface area (Å²) in [5.74, 6) is 0.0477. The fraction of sp³-hybridized carbons (Fsp3) is 0.167. The summed E-state index contributed by atoms with van der Waals surface area (Å²) in [6.07, 6.45) is 0. The van der Waals surface area contributed by atoms with E-state index in [9.17, 15) is 4.79 Å². The minimum atomic E-state index is -0.455. The summed E-state index contributed by atoms with van der Waals surface area (Å²) in [6.45, 7) is 1.91. The molecule has 0 spiro atoms. The number of H-pyrrole nitrogens is 1. The van der Waals surface area contributed by atoms with E-state index in [1.807, 2.05) is 20.0 Å². The molecule has 0 saturated heterocycles. The van der Waals surface area contributed by atoms with Gasteiger partial charge in [-0.3, -0.25) is 9.67 Å². The van der Waals surface area contributed by atoms with Crippen LogP contribution in [0.25, 0.3) is 22.4 Å². The topological polar surface area (TPSA) is 89.8 Å². The number of rotatable bonds is 1. The van der Waals surface area contributed by atoms with Gasteiger partial charge in [0.2, 0.25) is 0 Å². The Balaban J connectivity index is 2.28. The lowest BCUT2D eigenvalue weighted by Crippen LogP contribution is -1.94. The van der Waals surface area contributed by atoms with Crippen LogP contribution in [0.3, 0.4) is 0 Å². The minimum absolute atomic E-state index is 0.455. The first-order valence-corrected chi connectivity index (χ1v) is 5.48. The largest absolute Gasteiger partial charge is 0.417 e. The Kier molecular flexibility index (Phi) is 2.07. The van der Waals surface area contributed by atoms with E-state index in [1.165, 1.54) is 0 Å². The Bertz CT molecular complexity index is 794. The highest BCUT2D eigenvalue weighted by Gasteiger charge is 2.13. The van der Waals surface area contributed by atoms with E-state index in [4.69, 9.17) is 10.2 Å². The summed E-state index contributed by atoms with van der Waals surface area (Å²) < 4.78 is 6.76. The van der Waals surface area contributed by atoms with Gasteiger partial charge in [0.05, 0.1) is 11.2 Å². The molecule has 0 atom stereocenters. The maximum atomic E-state index is 11.1. The molecule has 0 unspecified atom stereocenters. The van der Waals surface area contributed by atoms with Crippen LogP contribution in [0.1, 0.15) is 5.56 Å². The number of aromatic amines is 1. The highest BCUT2D eigenvalue weighted by atomic mass is 16.4. The van der Waals surface area contributed by atoms with E-state index in [2.05, 4.69) is 10.1 Å². The number of oxazole rings is 1. The number of hydrogen-bond acceptors (Lipinski definition) is 4. The Labute approximate surface area is 102 Å². The molecule has 2 heterocycles. The van der Waals surface area contributed by atoms with Crippen molar-refractivity contribution in [3.05, 3.63) is 34.3 Å². The van der Waals surface area contributed by atoms with Crippen molar-refractivity contribution in [2.75, 3.05) is 5.73 Å². The van der Waals surface area contributed by atoms with E-state index < -0.39 is 5.76 Å². The van der Waals surface area contributed by atoms with Crippen LogP contribution in [0.2, 0.25) is 0 Å². The maximum Gasteiger partial charge on any atom is 0.417 e. The lowest BCUT2D eigenvalue weighted by atomic mass is 10.1. The van der Waals surface area contributed by atoms with Crippen LogP contribution in [0, 0.1) is 6.92 Å². The Morgan fingerprint density at radius 3 is 2.89 bits per heavy atom. The summed E-state index contributed by atoms with van der Waals surface area (Å²) in [5, 5.41) is 4.17. The van der Waals surface area contributed by atoms with Gasteiger partial charge in [-0.15, -0.1) is 0 Å². The third-order valence-electron chi connectivity index (χ3n) is 3.02. The Morgan fingerprint density at radius 1 is 1.44 bits per heavy atom. The van der Waals surface area contributed by atoms with Crippen molar-refractivity contribution < 1.29 is 4.42 Å². The van der Waals surface area contributed by atoms with E-state index in [0.29, 0.717) is 16.9 Å². The number of benzene rings is 1. The van der Waals surface area contributed by atoms with Crippen LogP contribution in [0.4, 0.5) is 5.82 Å². The normalized spacial score (nSPS) is 11.2. The van der Waals surface area contributed by atoms with Crippen LogP contribution in [-0.2, 0) is 7.05 Å². The molecule has 0 amide bonds. The van der Waals surface area contributed by atoms with E-state index >= 15 is 0 Å². The highest BCUT2D eigenvalue weighted by Crippen LogP contribution is 2.28. The molecule has 6 heteroatoms. The van der Waals surface area contributed by atoms with E-state index in [0.717, 1.165) is 16.8 Å². The Morgan fingerprint density at radius 2 is 2.22 bits per heavy atom. The zero-order valence-electron chi connectivity index (χ0n) is 10.0. The molecule has 0 aliphatic rings. The summed E-state index contributed by atoms with van der Waals surface area (Å²) in [7, 11) is 1.83. The van der Waals surface area contributed by atoms with Gasteiger partial charge >= 0.3 is 5.76 Å².